The number of aliphatic hydroxyl groups is 1. The van der Waals surface area contributed by atoms with E-state index in [1.807, 2.05) is 38.1 Å². The Hall–Kier alpha value is -1.55. The van der Waals surface area contributed by atoms with Crippen LogP contribution in [0.1, 0.15) is 25.8 Å². The van der Waals surface area contributed by atoms with Gasteiger partial charge in [-0.05, 0) is 31.9 Å². The number of ether oxygens (including phenoxy) is 1. The molecule has 0 unspecified atom stereocenters. The standard InChI is InChI=1S/C15H23NO3/c1-3-16(11-12-17)15(18)10-9-13-7-5-6-8-14(13)19-4-2/h5-8,17H,3-4,9-12H2,1-2H3. The molecule has 0 fully saturated rings. The van der Waals surface area contributed by atoms with Gasteiger partial charge in [0, 0.05) is 19.5 Å². The maximum absolute atomic E-state index is 12.0. The van der Waals surface area contributed by atoms with Crippen LogP contribution in [0.25, 0.3) is 0 Å². The van der Waals surface area contributed by atoms with Crippen molar-refractivity contribution < 1.29 is 14.6 Å². The fraction of sp³-hybridized carbons (Fsp3) is 0.533. The Balaban J connectivity index is 2.58. The summed E-state index contributed by atoms with van der Waals surface area (Å²) < 4.78 is 5.54. The van der Waals surface area contributed by atoms with Crippen LogP contribution < -0.4 is 4.74 Å². The van der Waals surface area contributed by atoms with E-state index in [0.717, 1.165) is 11.3 Å². The first-order valence-corrected chi connectivity index (χ1v) is 6.82. The van der Waals surface area contributed by atoms with Gasteiger partial charge in [-0.2, -0.15) is 0 Å². The van der Waals surface area contributed by atoms with Gasteiger partial charge >= 0.3 is 0 Å². The van der Waals surface area contributed by atoms with Gasteiger partial charge in [0.2, 0.25) is 5.91 Å². The van der Waals surface area contributed by atoms with Gasteiger partial charge in [0.25, 0.3) is 0 Å². The summed E-state index contributed by atoms with van der Waals surface area (Å²) in [4.78, 5) is 13.7. The van der Waals surface area contributed by atoms with E-state index in [0.29, 0.717) is 32.5 Å². The fourth-order valence-corrected chi connectivity index (χ4v) is 1.99. The summed E-state index contributed by atoms with van der Waals surface area (Å²) in [5.41, 5.74) is 1.05. The lowest BCUT2D eigenvalue weighted by Gasteiger charge is -2.19. The lowest BCUT2D eigenvalue weighted by molar-refractivity contribution is -0.131. The summed E-state index contributed by atoms with van der Waals surface area (Å²) in [5.74, 6) is 0.922. The minimum atomic E-state index is 0.00904. The van der Waals surface area contributed by atoms with E-state index in [1.165, 1.54) is 0 Å². The molecule has 0 heterocycles. The number of aliphatic hydroxyl groups excluding tert-OH is 1. The molecule has 0 aliphatic heterocycles. The third kappa shape index (κ3) is 4.91. The van der Waals surface area contributed by atoms with Crippen molar-refractivity contribution in [1.29, 1.82) is 0 Å². The van der Waals surface area contributed by atoms with Gasteiger partial charge in [-0.1, -0.05) is 18.2 Å². The van der Waals surface area contributed by atoms with Crippen LogP contribution in [0.3, 0.4) is 0 Å². The third-order valence-corrected chi connectivity index (χ3v) is 2.98. The first-order chi connectivity index (χ1) is 9.22. The first-order valence-electron chi connectivity index (χ1n) is 6.82. The summed E-state index contributed by atoms with van der Waals surface area (Å²) in [5, 5.41) is 8.90. The molecular formula is C15H23NO3. The summed E-state index contributed by atoms with van der Waals surface area (Å²) in [6.45, 7) is 5.53. The lowest BCUT2D eigenvalue weighted by atomic mass is 10.1. The zero-order chi connectivity index (χ0) is 14.1. The Labute approximate surface area is 115 Å². The molecule has 106 valence electrons. The van der Waals surface area contributed by atoms with Crippen molar-refractivity contribution in [3.8, 4) is 5.75 Å². The van der Waals surface area contributed by atoms with Gasteiger partial charge in [-0.25, -0.2) is 0 Å². The average molecular weight is 265 g/mol. The Kier molecular flexibility index (Phi) is 6.97. The van der Waals surface area contributed by atoms with Crippen LogP contribution in [0, 0.1) is 0 Å². The molecule has 0 aliphatic rings. The highest BCUT2D eigenvalue weighted by atomic mass is 16.5. The van der Waals surface area contributed by atoms with E-state index in [1.54, 1.807) is 4.90 Å². The van der Waals surface area contributed by atoms with Crippen molar-refractivity contribution in [3.05, 3.63) is 29.8 Å². The van der Waals surface area contributed by atoms with Crippen LogP contribution >= 0.6 is 0 Å². The predicted octanol–water partition coefficient (Wildman–Crippen LogP) is 1.86. The highest BCUT2D eigenvalue weighted by Crippen LogP contribution is 2.19. The molecule has 0 atom stereocenters. The molecule has 0 bridgehead atoms. The largest absolute Gasteiger partial charge is 0.494 e. The Morgan fingerprint density at radius 1 is 1.32 bits per heavy atom. The van der Waals surface area contributed by atoms with Crippen molar-refractivity contribution >= 4 is 5.91 Å². The molecule has 0 aromatic heterocycles. The van der Waals surface area contributed by atoms with Crippen molar-refractivity contribution in [2.75, 3.05) is 26.3 Å². The van der Waals surface area contributed by atoms with Crippen LogP contribution in [-0.4, -0.2) is 42.2 Å². The number of hydrogen-bond donors (Lipinski definition) is 1. The fourth-order valence-electron chi connectivity index (χ4n) is 1.99. The second kappa shape index (κ2) is 8.53. The van der Waals surface area contributed by atoms with Crippen LogP contribution in [0.2, 0.25) is 0 Å². The van der Waals surface area contributed by atoms with E-state index in [-0.39, 0.29) is 12.5 Å². The molecule has 0 saturated heterocycles. The van der Waals surface area contributed by atoms with Gasteiger partial charge in [0.1, 0.15) is 5.75 Å². The van der Waals surface area contributed by atoms with Gasteiger partial charge in [-0.15, -0.1) is 0 Å². The van der Waals surface area contributed by atoms with Gasteiger partial charge in [0.05, 0.1) is 13.2 Å². The van der Waals surface area contributed by atoms with Crippen molar-refractivity contribution in [2.24, 2.45) is 0 Å². The zero-order valence-electron chi connectivity index (χ0n) is 11.8. The molecule has 1 rings (SSSR count). The molecule has 4 nitrogen and oxygen atoms in total. The minimum absolute atomic E-state index is 0.00904. The Morgan fingerprint density at radius 2 is 2.05 bits per heavy atom. The molecular weight excluding hydrogens is 242 g/mol. The molecule has 0 spiro atoms. The Morgan fingerprint density at radius 3 is 2.68 bits per heavy atom. The van der Waals surface area contributed by atoms with E-state index in [9.17, 15) is 4.79 Å². The Bertz CT molecular complexity index is 393. The summed E-state index contributed by atoms with van der Waals surface area (Å²) in [6.07, 6.45) is 1.11. The number of aryl methyl sites for hydroxylation is 1. The first kappa shape index (κ1) is 15.5. The van der Waals surface area contributed by atoms with Crippen molar-refractivity contribution in [3.63, 3.8) is 0 Å². The van der Waals surface area contributed by atoms with Crippen molar-refractivity contribution in [2.45, 2.75) is 26.7 Å². The van der Waals surface area contributed by atoms with E-state index < -0.39 is 0 Å². The summed E-state index contributed by atoms with van der Waals surface area (Å²) in [7, 11) is 0. The molecule has 19 heavy (non-hydrogen) atoms. The maximum atomic E-state index is 12.0. The molecule has 1 N–H and O–H groups in total. The minimum Gasteiger partial charge on any atom is -0.494 e. The van der Waals surface area contributed by atoms with E-state index in [2.05, 4.69) is 0 Å². The van der Waals surface area contributed by atoms with Crippen LogP contribution in [-0.2, 0) is 11.2 Å². The number of rotatable bonds is 8. The molecule has 0 saturated carbocycles. The van der Waals surface area contributed by atoms with Crippen molar-refractivity contribution in [1.82, 2.24) is 4.90 Å². The number of likely N-dealkylation sites (N-methyl/N-ethyl adjacent to an activating group) is 1. The predicted molar refractivity (Wildman–Crippen MR) is 75.3 cm³/mol. The number of carbonyl (C=O) groups excluding carboxylic acids is 1. The maximum Gasteiger partial charge on any atom is 0.222 e. The number of hydrogen-bond acceptors (Lipinski definition) is 3. The van der Waals surface area contributed by atoms with Gasteiger partial charge < -0.3 is 14.7 Å². The average Bonchev–Trinajstić information content (AvgIpc) is 2.43. The summed E-state index contributed by atoms with van der Waals surface area (Å²) in [6, 6.07) is 7.79. The quantitative estimate of drug-likeness (QED) is 0.780. The number of benzene rings is 1. The van der Waals surface area contributed by atoms with Crippen LogP contribution in [0.15, 0.2) is 24.3 Å². The normalized spacial score (nSPS) is 10.3. The second-order valence-electron chi connectivity index (χ2n) is 4.24. The highest BCUT2D eigenvalue weighted by molar-refractivity contribution is 5.76. The monoisotopic (exact) mass is 265 g/mol. The molecule has 1 aromatic carbocycles. The molecule has 1 amide bonds. The van der Waals surface area contributed by atoms with E-state index >= 15 is 0 Å². The van der Waals surface area contributed by atoms with E-state index in [4.69, 9.17) is 9.84 Å². The molecule has 0 radical (unpaired) electrons. The lowest BCUT2D eigenvalue weighted by Crippen LogP contribution is -2.33. The van der Waals surface area contributed by atoms with Gasteiger partial charge in [-0.3, -0.25) is 4.79 Å². The van der Waals surface area contributed by atoms with Gasteiger partial charge in [0.15, 0.2) is 0 Å². The second-order valence-corrected chi connectivity index (χ2v) is 4.24. The topological polar surface area (TPSA) is 49.8 Å². The van der Waals surface area contributed by atoms with Crippen LogP contribution in [0.4, 0.5) is 0 Å². The molecule has 4 heteroatoms. The van der Waals surface area contributed by atoms with Crippen LogP contribution in [0.5, 0.6) is 5.75 Å². The SMILES string of the molecule is CCOc1ccccc1CCC(=O)N(CC)CCO. The summed E-state index contributed by atoms with van der Waals surface area (Å²) >= 11 is 0. The molecule has 1 aromatic rings. The number of amides is 1. The highest BCUT2D eigenvalue weighted by Gasteiger charge is 2.12. The smallest absolute Gasteiger partial charge is 0.222 e. The number of para-hydroxylation sites is 1. The third-order valence-electron chi connectivity index (χ3n) is 2.98. The zero-order valence-corrected chi connectivity index (χ0v) is 11.8. The number of carbonyl (C=O) groups is 1. The number of nitrogens with zero attached hydrogens (tertiary/aromatic N) is 1. The molecule has 0 aliphatic carbocycles.